The molecular formula is C24H41N3. The molecule has 0 aliphatic carbocycles. The van der Waals surface area contributed by atoms with Crippen molar-refractivity contribution < 1.29 is 0 Å². The second kappa shape index (κ2) is 9.54. The molecule has 0 amide bonds. The normalized spacial score (nSPS) is 25.4. The lowest BCUT2D eigenvalue weighted by Gasteiger charge is -2.58. The molecule has 1 aromatic rings. The fourth-order valence-corrected chi connectivity index (χ4v) is 5.04. The maximum atomic E-state index is 3.95. The van der Waals surface area contributed by atoms with Crippen molar-refractivity contribution in [1.29, 1.82) is 0 Å². The van der Waals surface area contributed by atoms with Crippen LogP contribution in [0.15, 0.2) is 18.2 Å². The Morgan fingerprint density at radius 1 is 1.04 bits per heavy atom. The molecule has 2 aliphatic rings. The van der Waals surface area contributed by atoms with Gasteiger partial charge in [-0.1, -0.05) is 57.7 Å². The van der Waals surface area contributed by atoms with Crippen molar-refractivity contribution in [2.45, 2.75) is 90.6 Å². The summed E-state index contributed by atoms with van der Waals surface area (Å²) in [6, 6.07) is 7.15. The van der Waals surface area contributed by atoms with E-state index in [4.69, 9.17) is 0 Å². The quantitative estimate of drug-likeness (QED) is 0.557. The number of hydrogen-bond donors (Lipinski definition) is 1. The second-order valence-electron chi connectivity index (χ2n) is 8.78. The minimum absolute atomic E-state index is 0.167. The summed E-state index contributed by atoms with van der Waals surface area (Å²) >= 11 is 0. The molecule has 2 fully saturated rings. The van der Waals surface area contributed by atoms with Crippen LogP contribution < -0.4 is 5.32 Å². The average Bonchev–Trinajstić information content (AvgIpc) is 3.10. The summed E-state index contributed by atoms with van der Waals surface area (Å²) in [5, 5.41) is 9.38. The van der Waals surface area contributed by atoms with E-state index in [1.807, 2.05) is 0 Å². The molecule has 0 saturated carbocycles. The number of aryl methyl sites for hydroxylation is 2. The van der Waals surface area contributed by atoms with Gasteiger partial charge in [0.1, 0.15) is 0 Å². The summed E-state index contributed by atoms with van der Waals surface area (Å²) < 4.78 is 0. The summed E-state index contributed by atoms with van der Waals surface area (Å²) in [4.78, 5) is 0. The van der Waals surface area contributed by atoms with E-state index in [1.54, 1.807) is 0 Å². The number of hydrazine groups is 1. The van der Waals surface area contributed by atoms with Gasteiger partial charge in [0.05, 0.1) is 5.66 Å². The minimum atomic E-state index is 0.167. The van der Waals surface area contributed by atoms with Gasteiger partial charge in [-0.2, -0.15) is 0 Å². The topological polar surface area (TPSA) is 18.5 Å². The van der Waals surface area contributed by atoms with Gasteiger partial charge < -0.3 is 0 Å². The van der Waals surface area contributed by atoms with Crippen LogP contribution in [0.25, 0.3) is 0 Å². The Bertz CT molecular complexity index is 589. The van der Waals surface area contributed by atoms with Gasteiger partial charge in [-0.15, -0.1) is 0 Å². The highest BCUT2D eigenvalue weighted by Gasteiger charge is 2.55. The first-order chi connectivity index (χ1) is 13.1. The molecular weight excluding hydrogens is 330 g/mol. The summed E-state index contributed by atoms with van der Waals surface area (Å²) in [5.41, 5.74) is 4.54. The van der Waals surface area contributed by atoms with Crippen molar-refractivity contribution in [2.75, 3.05) is 26.2 Å². The molecule has 0 aromatic heterocycles. The molecule has 1 spiro atoms. The summed E-state index contributed by atoms with van der Waals surface area (Å²) in [6.07, 6.45) is 10.5. The molecule has 1 N–H and O–H groups in total. The summed E-state index contributed by atoms with van der Waals surface area (Å²) in [5.74, 6) is 0.616. The Morgan fingerprint density at radius 3 is 2.30 bits per heavy atom. The van der Waals surface area contributed by atoms with E-state index >= 15 is 0 Å². The van der Waals surface area contributed by atoms with Gasteiger partial charge in [0, 0.05) is 25.6 Å². The molecule has 0 bridgehead atoms. The highest BCUT2D eigenvalue weighted by Crippen LogP contribution is 2.47. The second-order valence-corrected chi connectivity index (χ2v) is 8.78. The first kappa shape index (κ1) is 20.8. The Morgan fingerprint density at radius 2 is 1.74 bits per heavy atom. The number of rotatable bonds is 10. The molecule has 2 unspecified atom stereocenters. The van der Waals surface area contributed by atoms with Crippen LogP contribution >= 0.6 is 0 Å². The molecule has 2 atom stereocenters. The fraction of sp³-hybridized carbons (Fsp3) is 0.750. The van der Waals surface area contributed by atoms with Crippen molar-refractivity contribution in [3.05, 3.63) is 34.9 Å². The Balaban J connectivity index is 1.76. The average molecular weight is 372 g/mol. The van der Waals surface area contributed by atoms with E-state index < -0.39 is 0 Å². The van der Waals surface area contributed by atoms with E-state index in [1.165, 1.54) is 87.7 Å². The van der Waals surface area contributed by atoms with Gasteiger partial charge in [0.25, 0.3) is 0 Å². The monoisotopic (exact) mass is 371 g/mol. The van der Waals surface area contributed by atoms with Crippen LogP contribution in [0.2, 0.25) is 0 Å². The highest BCUT2D eigenvalue weighted by atomic mass is 15.7. The number of nitrogens with one attached hydrogen (secondary N) is 1. The number of nitrogens with zero attached hydrogens (tertiary/aromatic N) is 2. The van der Waals surface area contributed by atoms with Gasteiger partial charge in [-0.3, -0.25) is 5.32 Å². The third kappa shape index (κ3) is 4.41. The molecule has 2 heterocycles. The first-order valence-corrected chi connectivity index (χ1v) is 11.5. The zero-order valence-electron chi connectivity index (χ0n) is 18.2. The number of benzene rings is 1. The van der Waals surface area contributed by atoms with Crippen molar-refractivity contribution in [3.8, 4) is 0 Å². The van der Waals surface area contributed by atoms with E-state index in [-0.39, 0.29) is 5.66 Å². The molecule has 0 radical (unpaired) electrons. The smallest absolute Gasteiger partial charge is 0.0930 e. The third-order valence-corrected chi connectivity index (χ3v) is 6.92. The first-order valence-electron chi connectivity index (χ1n) is 11.5. The molecule has 3 rings (SSSR count). The van der Waals surface area contributed by atoms with Crippen LogP contribution in [-0.4, -0.2) is 41.9 Å². The van der Waals surface area contributed by atoms with Crippen molar-refractivity contribution in [2.24, 2.45) is 0 Å². The lowest BCUT2D eigenvalue weighted by atomic mass is 9.79. The Hall–Kier alpha value is -0.900. The number of unbranched alkanes of at least 4 members (excludes halogenated alkanes) is 4. The maximum absolute atomic E-state index is 3.95. The van der Waals surface area contributed by atoms with Crippen LogP contribution in [0, 0.1) is 13.8 Å². The minimum Gasteiger partial charge on any atom is -0.298 e. The van der Waals surface area contributed by atoms with Gasteiger partial charge >= 0.3 is 0 Å². The van der Waals surface area contributed by atoms with E-state index in [9.17, 15) is 0 Å². The Labute approximate surface area is 167 Å². The molecule has 27 heavy (non-hydrogen) atoms. The predicted octanol–water partition coefficient (Wildman–Crippen LogP) is 5.38. The van der Waals surface area contributed by atoms with E-state index in [2.05, 4.69) is 61.2 Å². The molecule has 3 nitrogen and oxygen atoms in total. The van der Waals surface area contributed by atoms with Crippen LogP contribution in [0.4, 0.5) is 0 Å². The molecule has 3 heteroatoms. The van der Waals surface area contributed by atoms with Crippen LogP contribution in [-0.2, 0) is 0 Å². The van der Waals surface area contributed by atoms with Crippen molar-refractivity contribution in [1.82, 2.24) is 15.3 Å². The number of hydrogen-bond acceptors (Lipinski definition) is 3. The lowest BCUT2D eigenvalue weighted by Crippen LogP contribution is -2.72. The largest absolute Gasteiger partial charge is 0.298 e. The summed E-state index contributed by atoms with van der Waals surface area (Å²) in [6.45, 7) is 13.9. The lowest BCUT2D eigenvalue weighted by molar-refractivity contribution is -0.192. The van der Waals surface area contributed by atoms with Crippen molar-refractivity contribution >= 4 is 0 Å². The molecule has 152 valence electrons. The summed E-state index contributed by atoms with van der Waals surface area (Å²) in [7, 11) is 0. The van der Waals surface area contributed by atoms with E-state index in [0.29, 0.717) is 5.92 Å². The fourth-order valence-electron chi connectivity index (χ4n) is 5.04. The standard InChI is InChI=1S/C24H41N3/c1-5-7-9-16-26(17-10-8-6-2)27-18-14-24(27)23(13-15-25-24)22-12-11-20(3)21(4)19-22/h11-12,19,23,25H,5-10,13-18H2,1-4H3. The molecule has 1 aromatic carbocycles. The van der Waals surface area contributed by atoms with Crippen molar-refractivity contribution in [3.63, 3.8) is 0 Å². The SMILES string of the molecule is CCCCCN(CCCCC)N1CCC12NCCC2c1ccc(C)c(C)c1. The zero-order valence-corrected chi connectivity index (χ0v) is 18.2. The molecule has 2 aliphatic heterocycles. The van der Waals surface area contributed by atoms with Crippen LogP contribution in [0.5, 0.6) is 0 Å². The maximum Gasteiger partial charge on any atom is 0.0930 e. The van der Waals surface area contributed by atoms with E-state index in [0.717, 1.165) is 6.54 Å². The molecule has 2 saturated heterocycles. The predicted molar refractivity (Wildman–Crippen MR) is 116 cm³/mol. The zero-order chi connectivity index (χ0) is 19.3. The van der Waals surface area contributed by atoms with Gasteiger partial charge in [-0.25, -0.2) is 10.0 Å². The van der Waals surface area contributed by atoms with Crippen LogP contribution in [0.1, 0.15) is 87.8 Å². The van der Waals surface area contributed by atoms with Crippen LogP contribution in [0.3, 0.4) is 0 Å². The van der Waals surface area contributed by atoms with Gasteiger partial charge in [-0.05, 0) is 62.8 Å². The highest BCUT2D eigenvalue weighted by molar-refractivity contribution is 5.35. The Kier molecular flexibility index (Phi) is 7.35. The van der Waals surface area contributed by atoms with Gasteiger partial charge in [0.15, 0.2) is 0 Å². The van der Waals surface area contributed by atoms with Gasteiger partial charge in [0.2, 0.25) is 0 Å². The third-order valence-electron chi connectivity index (χ3n) is 6.92.